The van der Waals surface area contributed by atoms with Crippen molar-refractivity contribution in [3.05, 3.63) is 83.5 Å². The molecule has 2 N–H and O–H groups in total. The van der Waals surface area contributed by atoms with Gasteiger partial charge in [0, 0.05) is 56.1 Å². The molecular weight excluding hydrogens is 560 g/mol. The van der Waals surface area contributed by atoms with E-state index in [-0.39, 0.29) is 35.2 Å². The summed E-state index contributed by atoms with van der Waals surface area (Å²) in [6.07, 6.45) is 1.09. The van der Waals surface area contributed by atoms with E-state index in [2.05, 4.69) is 38.6 Å². The van der Waals surface area contributed by atoms with Gasteiger partial charge in [-0.05, 0) is 30.3 Å². The molecule has 10 nitrogen and oxygen atoms in total. The molecule has 1 fully saturated rings. The molecule has 0 aliphatic carbocycles. The van der Waals surface area contributed by atoms with Crippen molar-refractivity contribution in [1.29, 1.82) is 0 Å². The van der Waals surface area contributed by atoms with E-state index in [0.717, 1.165) is 50.0 Å². The molecule has 1 amide bonds. The van der Waals surface area contributed by atoms with Gasteiger partial charge in [0.2, 0.25) is 5.91 Å². The Labute approximate surface area is 247 Å². The number of hydrogen-bond acceptors (Lipinski definition) is 9. The second-order valence-corrected chi connectivity index (χ2v) is 10.0. The normalized spacial score (nSPS) is 14.5. The number of amides is 1. The first-order valence-electron chi connectivity index (χ1n) is 13.8. The highest BCUT2D eigenvalue weighted by molar-refractivity contribution is 5.99. The van der Waals surface area contributed by atoms with Crippen LogP contribution in [0.1, 0.15) is 35.7 Å². The lowest BCUT2D eigenvalue weighted by Gasteiger charge is -2.35. The van der Waals surface area contributed by atoms with E-state index in [1.165, 1.54) is 32.6 Å². The number of anilines is 2. The van der Waals surface area contributed by atoms with Gasteiger partial charge in [0.1, 0.15) is 23.2 Å². The second-order valence-electron chi connectivity index (χ2n) is 10.0. The van der Waals surface area contributed by atoms with Crippen LogP contribution in [0.25, 0.3) is 11.1 Å². The Morgan fingerprint density at radius 3 is 2.47 bits per heavy atom. The summed E-state index contributed by atoms with van der Waals surface area (Å²) in [5.74, 6) is -2.81. The number of benzene rings is 2. The number of nitrogens with one attached hydrogen (secondary N) is 1. The molecule has 0 spiro atoms. The van der Waals surface area contributed by atoms with E-state index in [1.807, 2.05) is 18.2 Å². The van der Waals surface area contributed by atoms with Gasteiger partial charge in [0.05, 0.1) is 26.0 Å². The van der Waals surface area contributed by atoms with Crippen LogP contribution in [0.5, 0.6) is 11.5 Å². The lowest BCUT2D eigenvalue weighted by Crippen LogP contribution is -2.46. The van der Waals surface area contributed by atoms with Gasteiger partial charge in [0.25, 0.3) is 0 Å². The summed E-state index contributed by atoms with van der Waals surface area (Å²) in [4.78, 5) is 25.9. The quantitative estimate of drug-likeness (QED) is 0.258. The third kappa shape index (κ3) is 6.15. The smallest absolute Gasteiger partial charge is 0.247 e. The first-order chi connectivity index (χ1) is 20.8. The number of nitrogens with zero attached hydrogens (tertiary/aromatic N) is 4. The zero-order valence-electron chi connectivity index (χ0n) is 24.2. The van der Waals surface area contributed by atoms with Crippen LogP contribution in [0.4, 0.5) is 20.2 Å². The zero-order valence-corrected chi connectivity index (χ0v) is 24.2. The Balaban J connectivity index is 1.43. The molecule has 2 aromatic carbocycles. The molecule has 2 aromatic heterocycles. The number of aliphatic hydroxyl groups excluding tert-OH is 1. The SMILES string of the molecule is C=CC(=O)Nc1cc(N2CCN(CC)CC2)ccc1Cc1ncc2oc(C(O)c3c(F)c(OC)cc(OC)c3F)cc2n1. The number of halogens is 2. The van der Waals surface area contributed by atoms with E-state index in [0.29, 0.717) is 17.0 Å². The monoisotopic (exact) mass is 593 g/mol. The summed E-state index contributed by atoms with van der Waals surface area (Å²) in [5.41, 5.74) is 2.26. The number of rotatable bonds is 10. The van der Waals surface area contributed by atoms with Gasteiger partial charge in [0.15, 0.2) is 28.7 Å². The molecule has 1 unspecified atom stereocenters. The van der Waals surface area contributed by atoms with Crippen LogP contribution < -0.4 is 19.7 Å². The van der Waals surface area contributed by atoms with Crippen molar-refractivity contribution >= 4 is 28.4 Å². The fraction of sp³-hybridized carbons (Fsp3) is 0.323. The number of furan rings is 1. The maximum atomic E-state index is 15.0. The van der Waals surface area contributed by atoms with Crippen LogP contribution in [-0.2, 0) is 11.2 Å². The maximum Gasteiger partial charge on any atom is 0.247 e. The molecule has 1 aliphatic rings. The first-order valence-corrected chi connectivity index (χ1v) is 13.8. The molecule has 43 heavy (non-hydrogen) atoms. The highest BCUT2D eigenvalue weighted by atomic mass is 19.1. The standard InChI is InChI=1S/C31H33F2N5O5/c1-5-27(39)36-20-14-19(38-11-9-37(6-2)10-12-38)8-7-18(20)13-26-34-17-25-21(35-26)15-24(43-25)31(40)28-29(32)22(41-3)16-23(42-4)30(28)33/h5,7-8,14-17,31,40H,1,6,9-13H2,2-4H3,(H,36,39). The number of aliphatic hydroxyl groups is 1. The van der Waals surface area contributed by atoms with Crippen LogP contribution in [0.15, 0.2) is 53.6 Å². The van der Waals surface area contributed by atoms with Gasteiger partial charge < -0.3 is 34.1 Å². The molecular formula is C31H33F2N5O5. The summed E-state index contributed by atoms with van der Waals surface area (Å²) < 4.78 is 45.6. The van der Waals surface area contributed by atoms with Crippen molar-refractivity contribution in [3.8, 4) is 11.5 Å². The third-order valence-corrected chi connectivity index (χ3v) is 7.56. The van der Waals surface area contributed by atoms with Gasteiger partial charge >= 0.3 is 0 Å². The van der Waals surface area contributed by atoms with Crippen molar-refractivity contribution in [2.75, 3.05) is 57.2 Å². The topological polar surface area (TPSA) is 113 Å². The summed E-state index contributed by atoms with van der Waals surface area (Å²) >= 11 is 0. The number of ether oxygens (including phenoxy) is 2. The van der Waals surface area contributed by atoms with E-state index in [1.54, 1.807) is 0 Å². The average Bonchev–Trinajstić information content (AvgIpc) is 3.45. The van der Waals surface area contributed by atoms with Gasteiger partial charge in [-0.2, -0.15) is 0 Å². The van der Waals surface area contributed by atoms with Crippen molar-refractivity contribution in [2.24, 2.45) is 0 Å². The lowest BCUT2D eigenvalue weighted by atomic mass is 10.0. The molecule has 226 valence electrons. The van der Waals surface area contributed by atoms with E-state index >= 15 is 0 Å². The minimum atomic E-state index is -1.81. The molecule has 0 saturated carbocycles. The van der Waals surface area contributed by atoms with E-state index < -0.39 is 23.3 Å². The Bertz CT molecular complexity index is 1620. The second kappa shape index (κ2) is 12.8. The minimum Gasteiger partial charge on any atom is -0.494 e. The third-order valence-electron chi connectivity index (χ3n) is 7.56. The average molecular weight is 594 g/mol. The van der Waals surface area contributed by atoms with Crippen molar-refractivity contribution in [2.45, 2.75) is 19.4 Å². The Kier molecular flexibility index (Phi) is 8.88. The van der Waals surface area contributed by atoms with Gasteiger partial charge in [-0.1, -0.05) is 19.6 Å². The molecule has 0 radical (unpaired) electrons. The van der Waals surface area contributed by atoms with E-state index in [4.69, 9.17) is 13.9 Å². The van der Waals surface area contributed by atoms with Crippen LogP contribution >= 0.6 is 0 Å². The Morgan fingerprint density at radius 2 is 1.84 bits per heavy atom. The Hall–Kier alpha value is -4.55. The fourth-order valence-electron chi connectivity index (χ4n) is 5.11. The number of likely N-dealkylation sites (N-methyl/N-ethyl adjacent to an activating group) is 1. The highest BCUT2D eigenvalue weighted by Crippen LogP contribution is 2.38. The fourth-order valence-corrected chi connectivity index (χ4v) is 5.11. The number of methoxy groups -OCH3 is 2. The number of hydrogen-bond donors (Lipinski definition) is 2. The predicted octanol–water partition coefficient (Wildman–Crippen LogP) is 4.46. The van der Waals surface area contributed by atoms with Crippen LogP contribution in [0, 0.1) is 11.6 Å². The number of piperazine rings is 1. The summed E-state index contributed by atoms with van der Waals surface area (Å²) in [6, 6.07) is 8.34. The zero-order chi connectivity index (χ0) is 30.7. The molecule has 12 heteroatoms. The number of carbonyl (C=O) groups excluding carboxylic acids is 1. The van der Waals surface area contributed by atoms with Gasteiger partial charge in [-0.15, -0.1) is 0 Å². The summed E-state index contributed by atoms with van der Waals surface area (Å²) in [6.45, 7) is 10.4. The molecule has 4 aromatic rings. The lowest BCUT2D eigenvalue weighted by molar-refractivity contribution is -0.111. The summed E-state index contributed by atoms with van der Waals surface area (Å²) in [5, 5.41) is 13.8. The molecule has 0 bridgehead atoms. The first kappa shape index (κ1) is 29.9. The maximum absolute atomic E-state index is 15.0. The van der Waals surface area contributed by atoms with Crippen molar-refractivity contribution in [1.82, 2.24) is 14.9 Å². The van der Waals surface area contributed by atoms with E-state index in [9.17, 15) is 18.7 Å². The Morgan fingerprint density at radius 1 is 1.14 bits per heavy atom. The van der Waals surface area contributed by atoms with Crippen LogP contribution in [0.2, 0.25) is 0 Å². The van der Waals surface area contributed by atoms with Crippen molar-refractivity contribution < 1.29 is 32.6 Å². The molecule has 1 saturated heterocycles. The number of aromatic nitrogens is 2. The summed E-state index contributed by atoms with van der Waals surface area (Å²) in [7, 11) is 2.44. The molecule has 1 atom stereocenters. The van der Waals surface area contributed by atoms with Crippen LogP contribution in [0.3, 0.4) is 0 Å². The molecule has 3 heterocycles. The number of fused-ring (bicyclic) bond motifs is 1. The molecule has 5 rings (SSSR count). The molecule has 1 aliphatic heterocycles. The van der Waals surface area contributed by atoms with Gasteiger partial charge in [-0.25, -0.2) is 18.7 Å². The van der Waals surface area contributed by atoms with Gasteiger partial charge in [-0.3, -0.25) is 4.79 Å². The van der Waals surface area contributed by atoms with Crippen LogP contribution in [-0.4, -0.2) is 72.8 Å². The predicted molar refractivity (Wildman–Crippen MR) is 158 cm³/mol. The van der Waals surface area contributed by atoms with Crippen molar-refractivity contribution in [3.63, 3.8) is 0 Å². The minimum absolute atomic E-state index is 0.138. The number of carbonyl (C=O) groups is 1. The highest BCUT2D eigenvalue weighted by Gasteiger charge is 2.29. The largest absolute Gasteiger partial charge is 0.494 e.